The third-order valence-electron chi connectivity index (χ3n) is 3.16. The quantitative estimate of drug-likeness (QED) is 0.783. The van der Waals surface area contributed by atoms with Gasteiger partial charge in [0, 0.05) is 5.69 Å². The molecule has 2 aromatic rings. The van der Waals surface area contributed by atoms with E-state index >= 15 is 0 Å². The molecule has 0 spiro atoms. The Morgan fingerprint density at radius 2 is 2.00 bits per heavy atom. The zero-order valence-corrected chi connectivity index (χ0v) is 13.8. The third kappa shape index (κ3) is 4.21. The number of amides is 1. The van der Waals surface area contributed by atoms with Gasteiger partial charge in [0.1, 0.15) is 11.3 Å². The predicted octanol–water partition coefficient (Wildman–Crippen LogP) is 1.42. The summed E-state index contributed by atoms with van der Waals surface area (Å²) in [6.45, 7) is 2.99. The van der Waals surface area contributed by atoms with Crippen LogP contribution in [0.15, 0.2) is 45.9 Å². The van der Waals surface area contributed by atoms with Gasteiger partial charge in [0.2, 0.25) is 10.0 Å². The molecule has 2 rings (SSSR count). The molecule has 0 saturated heterocycles. The largest absolute Gasteiger partial charge is 0.469 e. The van der Waals surface area contributed by atoms with Crippen molar-refractivity contribution >= 4 is 27.6 Å². The van der Waals surface area contributed by atoms with E-state index in [0.717, 1.165) is 0 Å². The minimum Gasteiger partial charge on any atom is -0.469 e. The number of primary sulfonamides is 1. The molecule has 24 heavy (non-hydrogen) atoms. The average molecular weight is 352 g/mol. The Balaban J connectivity index is 2.04. The van der Waals surface area contributed by atoms with Gasteiger partial charge >= 0.3 is 5.97 Å². The van der Waals surface area contributed by atoms with Crippen molar-refractivity contribution in [1.82, 2.24) is 0 Å². The Labute approximate surface area is 138 Å². The number of carbonyl (C=O) groups is 2. The number of aryl methyl sites for hydroxylation is 1. The van der Waals surface area contributed by atoms with Crippen LogP contribution in [0, 0.1) is 6.92 Å². The highest BCUT2D eigenvalue weighted by Gasteiger charge is 2.21. The number of anilines is 1. The summed E-state index contributed by atoms with van der Waals surface area (Å²) in [4.78, 5) is 23.9. The van der Waals surface area contributed by atoms with Crippen LogP contribution in [0.2, 0.25) is 0 Å². The first-order valence-corrected chi connectivity index (χ1v) is 8.42. The van der Waals surface area contributed by atoms with Gasteiger partial charge in [-0.1, -0.05) is 6.07 Å². The Morgan fingerprint density at radius 3 is 2.58 bits per heavy atom. The lowest BCUT2D eigenvalue weighted by Gasteiger charge is -2.13. The molecule has 0 fully saturated rings. The van der Waals surface area contributed by atoms with Gasteiger partial charge in [0.25, 0.3) is 5.91 Å². The molecule has 1 amide bonds. The molecule has 8 nitrogen and oxygen atoms in total. The summed E-state index contributed by atoms with van der Waals surface area (Å²) in [5.41, 5.74) is 0.444. The minimum atomic E-state index is -3.88. The van der Waals surface area contributed by atoms with Gasteiger partial charge in [-0.15, -0.1) is 0 Å². The number of furan rings is 1. The van der Waals surface area contributed by atoms with Gasteiger partial charge in [0.05, 0.1) is 11.2 Å². The molecule has 1 unspecified atom stereocenters. The maximum atomic E-state index is 12.1. The number of nitrogens with two attached hydrogens (primary N) is 1. The van der Waals surface area contributed by atoms with Crippen LogP contribution in [0.1, 0.15) is 23.0 Å². The minimum absolute atomic E-state index is 0.140. The van der Waals surface area contributed by atoms with Gasteiger partial charge < -0.3 is 14.5 Å². The maximum absolute atomic E-state index is 12.1. The van der Waals surface area contributed by atoms with Crippen LogP contribution in [0.5, 0.6) is 0 Å². The van der Waals surface area contributed by atoms with Crippen LogP contribution in [0.3, 0.4) is 0 Å². The van der Waals surface area contributed by atoms with Crippen molar-refractivity contribution in [1.29, 1.82) is 0 Å². The van der Waals surface area contributed by atoms with Crippen molar-refractivity contribution in [2.45, 2.75) is 24.8 Å². The predicted molar refractivity (Wildman–Crippen MR) is 84.8 cm³/mol. The number of hydrogen-bond donors (Lipinski definition) is 2. The van der Waals surface area contributed by atoms with Crippen molar-refractivity contribution in [2.24, 2.45) is 5.14 Å². The molecule has 0 bridgehead atoms. The number of nitrogens with one attached hydrogen (secondary N) is 1. The number of ether oxygens (including phenoxy) is 1. The number of sulfonamides is 1. The molecular weight excluding hydrogens is 336 g/mol. The van der Waals surface area contributed by atoms with E-state index in [-0.39, 0.29) is 16.1 Å². The summed E-state index contributed by atoms with van der Waals surface area (Å²) < 4.78 is 32.7. The lowest BCUT2D eigenvalue weighted by Crippen LogP contribution is -2.30. The summed E-state index contributed by atoms with van der Waals surface area (Å²) in [6.07, 6.45) is 0.250. The van der Waals surface area contributed by atoms with Crippen LogP contribution >= 0.6 is 0 Å². The highest BCUT2D eigenvalue weighted by atomic mass is 32.2. The van der Waals surface area contributed by atoms with E-state index in [1.54, 1.807) is 6.92 Å². The van der Waals surface area contributed by atoms with Crippen molar-refractivity contribution in [2.75, 3.05) is 5.32 Å². The van der Waals surface area contributed by atoms with Crippen molar-refractivity contribution in [3.63, 3.8) is 0 Å². The van der Waals surface area contributed by atoms with Crippen LogP contribution in [-0.2, 0) is 19.6 Å². The molecule has 0 aliphatic rings. The number of esters is 1. The standard InChI is InChI=1S/C15H16N2O6S/c1-9-13(6-7-22-9)15(19)23-10(2)14(18)17-11-4-3-5-12(8-11)24(16,20)21/h3-8,10H,1-2H3,(H,17,18)(H2,16,20,21). The molecule has 9 heteroatoms. The van der Waals surface area contributed by atoms with Crippen molar-refractivity contribution in [3.8, 4) is 0 Å². The van der Waals surface area contributed by atoms with E-state index in [1.807, 2.05) is 0 Å². The van der Waals surface area contributed by atoms with Gasteiger partial charge in [-0.3, -0.25) is 4.79 Å². The zero-order chi connectivity index (χ0) is 17.9. The van der Waals surface area contributed by atoms with Crippen molar-refractivity contribution in [3.05, 3.63) is 47.9 Å². The van der Waals surface area contributed by atoms with Crippen LogP contribution in [-0.4, -0.2) is 26.4 Å². The molecule has 1 atom stereocenters. The van der Waals surface area contributed by atoms with E-state index in [1.165, 1.54) is 43.5 Å². The van der Waals surface area contributed by atoms with Crippen molar-refractivity contribution < 1.29 is 27.2 Å². The van der Waals surface area contributed by atoms with E-state index in [2.05, 4.69) is 5.32 Å². The fraction of sp³-hybridized carbons (Fsp3) is 0.200. The third-order valence-corrected chi connectivity index (χ3v) is 4.07. The highest BCUT2D eigenvalue weighted by Crippen LogP contribution is 2.15. The normalized spacial score (nSPS) is 12.5. The van der Waals surface area contributed by atoms with Crippen LogP contribution < -0.4 is 10.5 Å². The molecule has 3 N–H and O–H groups in total. The maximum Gasteiger partial charge on any atom is 0.342 e. The Kier molecular flexibility index (Phi) is 5.05. The summed E-state index contributed by atoms with van der Waals surface area (Å²) >= 11 is 0. The number of benzene rings is 1. The topological polar surface area (TPSA) is 129 Å². The number of rotatable bonds is 5. The molecule has 0 aliphatic carbocycles. The average Bonchev–Trinajstić information content (AvgIpc) is 2.92. The molecule has 0 saturated carbocycles. The number of hydrogen-bond acceptors (Lipinski definition) is 6. The number of carbonyl (C=O) groups excluding carboxylic acids is 2. The second kappa shape index (κ2) is 6.85. The zero-order valence-electron chi connectivity index (χ0n) is 13.0. The van der Waals surface area contributed by atoms with Gasteiger partial charge in [-0.05, 0) is 38.1 Å². The summed E-state index contributed by atoms with van der Waals surface area (Å²) in [6, 6.07) is 6.87. The fourth-order valence-electron chi connectivity index (χ4n) is 1.87. The lowest BCUT2D eigenvalue weighted by molar-refractivity contribution is -0.123. The first-order chi connectivity index (χ1) is 11.2. The van der Waals surface area contributed by atoms with E-state index in [4.69, 9.17) is 14.3 Å². The highest BCUT2D eigenvalue weighted by molar-refractivity contribution is 7.89. The molecule has 1 heterocycles. The van der Waals surface area contributed by atoms with E-state index < -0.39 is 28.0 Å². The second-order valence-electron chi connectivity index (χ2n) is 5.00. The summed E-state index contributed by atoms with van der Waals surface area (Å²) in [5.74, 6) is -0.924. The van der Waals surface area contributed by atoms with Gasteiger partial charge in [-0.2, -0.15) is 0 Å². The summed E-state index contributed by atoms with van der Waals surface area (Å²) in [5, 5.41) is 7.49. The molecule has 0 aliphatic heterocycles. The van der Waals surface area contributed by atoms with E-state index in [9.17, 15) is 18.0 Å². The molecule has 0 radical (unpaired) electrons. The van der Waals surface area contributed by atoms with Gasteiger partial charge in [0.15, 0.2) is 6.10 Å². The first-order valence-electron chi connectivity index (χ1n) is 6.87. The molecule has 1 aromatic carbocycles. The Hall–Kier alpha value is -2.65. The monoisotopic (exact) mass is 352 g/mol. The molecule has 128 valence electrons. The summed E-state index contributed by atoms with van der Waals surface area (Å²) in [7, 11) is -3.88. The molecular formula is C15H16N2O6S. The Morgan fingerprint density at radius 1 is 1.29 bits per heavy atom. The van der Waals surface area contributed by atoms with Crippen LogP contribution in [0.4, 0.5) is 5.69 Å². The molecule has 1 aromatic heterocycles. The first kappa shape index (κ1) is 17.7. The Bertz CT molecular complexity index is 872. The lowest BCUT2D eigenvalue weighted by atomic mass is 10.2. The van der Waals surface area contributed by atoms with E-state index in [0.29, 0.717) is 5.76 Å². The SMILES string of the molecule is Cc1occc1C(=O)OC(C)C(=O)Nc1cccc(S(N)(=O)=O)c1. The second-order valence-corrected chi connectivity index (χ2v) is 6.56. The van der Waals surface area contributed by atoms with Gasteiger partial charge in [-0.25, -0.2) is 18.4 Å². The fourth-order valence-corrected chi connectivity index (χ4v) is 2.43. The van der Waals surface area contributed by atoms with Crippen LogP contribution in [0.25, 0.3) is 0 Å². The smallest absolute Gasteiger partial charge is 0.342 e.